The predicted octanol–water partition coefficient (Wildman–Crippen LogP) is 4.20. The summed E-state index contributed by atoms with van der Waals surface area (Å²) in [6.07, 6.45) is 0.542. The number of rotatable bonds is 8. The van der Waals surface area contributed by atoms with Crippen LogP contribution in [-0.4, -0.2) is 51.8 Å². The van der Waals surface area contributed by atoms with Gasteiger partial charge in [-0.25, -0.2) is 0 Å². The number of guanidine groups is 1. The zero-order chi connectivity index (χ0) is 28.2. The second kappa shape index (κ2) is 12.5. The molecule has 1 unspecified atom stereocenters. The van der Waals surface area contributed by atoms with E-state index < -0.39 is 29.3 Å². The number of carboxylic acids is 1. The highest BCUT2D eigenvalue weighted by Gasteiger charge is 2.35. The van der Waals surface area contributed by atoms with Gasteiger partial charge in [0.05, 0.1) is 17.4 Å². The molecule has 2 heterocycles. The first kappa shape index (κ1) is 29.0. The number of carboxylic acid groups (broad SMARTS) is 1. The smallest absolute Gasteiger partial charge is 0.305 e. The number of fused-ring (bicyclic) bond motifs is 1. The number of carbonyl (C=O) groups excluding carboxylic acids is 2. The maximum absolute atomic E-state index is 13.4. The van der Waals surface area contributed by atoms with Gasteiger partial charge in [0, 0.05) is 54.3 Å². The summed E-state index contributed by atoms with van der Waals surface area (Å²) in [5, 5.41) is 29.9. The first-order valence-electron chi connectivity index (χ1n) is 12.7. The maximum Gasteiger partial charge on any atom is 0.305 e. The van der Waals surface area contributed by atoms with E-state index in [4.69, 9.17) is 0 Å². The van der Waals surface area contributed by atoms with Gasteiger partial charge in [-0.1, -0.05) is 24.3 Å². The third kappa shape index (κ3) is 6.61. The van der Waals surface area contributed by atoms with Crippen molar-refractivity contribution in [1.82, 2.24) is 10.2 Å². The van der Waals surface area contributed by atoms with Crippen LogP contribution in [0.1, 0.15) is 50.7 Å². The molecule has 4 N–H and O–H groups in total. The van der Waals surface area contributed by atoms with Crippen molar-refractivity contribution in [2.45, 2.75) is 25.4 Å². The number of aliphatic imine (C=N–C) groups is 1. The van der Waals surface area contributed by atoms with E-state index in [2.05, 4.69) is 20.9 Å². The molecule has 0 saturated heterocycles. The molecule has 0 bridgehead atoms. The molecule has 3 aromatic carbocycles. The Kier molecular flexibility index (Phi) is 8.83. The van der Waals surface area contributed by atoms with Crippen molar-refractivity contribution in [1.29, 1.82) is 0 Å². The fraction of sp³-hybridized carbons (Fsp3) is 0.214. The highest BCUT2D eigenvalue weighted by Crippen LogP contribution is 2.35. The van der Waals surface area contributed by atoms with Gasteiger partial charge in [0.25, 0.3) is 17.5 Å². The SMILES string of the molecule is Cl.O=C(O)CC(c1cccc([N+](=O)[O-])c1)N1Cc2ccc(NC(=O)c3cccc(NC4=NCCCN4)c3)cc2C1=O. The Bertz CT molecular complexity index is 1540. The molecule has 12 nitrogen and oxygen atoms in total. The van der Waals surface area contributed by atoms with Crippen LogP contribution in [0.4, 0.5) is 17.1 Å². The second-order valence-corrected chi connectivity index (χ2v) is 9.44. The summed E-state index contributed by atoms with van der Waals surface area (Å²) in [7, 11) is 0. The Labute approximate surface area is 241 Å². The van der Waals surface area contributed by atoms with Gasteiger partial charge in [-0.3, -0.25) is 29.5 Å². The maximum atomic E-state index is 13.4. The highest BCUT2D eigenvalue weighted by atomic mass is 35.5. The third-order valence-corrected chi connectivity index (χ3v) is 6.69. The molecular formula is C28H27ClN6O6. The van der Waals surface area contributed by atoms with Crippen LogP contribution in [-0.2, 0) is 11.3 Å². The Morgan fingerprint density at radius 2 is 1.90 bits per heavy atom. The molecule has 3 aromatic rings. The molecule has 2 aliphatic rings. The van der Waals surface area contributed by atoms with E-state index in [0.717, 1.165) is 19.5 Å². The number of benzene rings is 3. The summed E-state index contributed by atoms with van der Waals surface area (Å²) in [6.45, 7) is 1.68. The van der Waals surface area contributed by atoms with Gasteiger partial charge in [-0.2, -0.15) is 0 Å². The fourth-order valence-corrected chi connectivity index (χ4v) is 4.77. The Hall–Kier alpha value is -4.97. The minimum absolute atomic E-state index is 0. The van der Waals surface area contributed by atoms with Gasteiger partial charge >= 0.3 is 5.97 Å². The van der Waals surface area contributed by atoms with Gasteiger partial charge in [0.2, 0.25) is 0 Å². The number of nitro benzene ring substituents is 1. The molecule has 0 radical (unpaired) electrons. The normalized spacial score (nSPS) is 14.6. The zero-order valence-corrected chi connectivity index (χ0v) is 22.5. The monoisotopic (exact) mass is 578 g/mol. The molecule has 212 valence electrons. The van der Waals surface area contributed by atoms with E-state index in [1.165, 1.54) is 23.1 Å². The lowest BCUT2D eigenvalue weighted by atomic mass is 10.0. The van der Waals surface area contributed by atoms with Crippen molar-refractivity contribution in [2.75, 3.05) is 23.7 Å². The molecule has 0 fully saturated rings. The van der Waals surface area contributed by atoms with Gasteiger partial charge in [0.15, 0.2) is 5.96 Å². The minimum Gasteiger partial charge on any atom is -0.481 e. The van der Waals surface area contributed by atoms with E-state index in [-0.39, 0.29) is 30.5 Å². The van der Waals surface area contributed by atoms with Crippen LogP contribution in [0.5, 0.6) is 0 Å². The van der Waals surface area contributed by atoms with Crippen LogP contribution >= 0.6 is 12.4 Å². The lowest BCUT2D eigenvalue weighted by Crippen LogP contribution is -2.35. The van der Waals surface area contributed by atoms with E-state index in [1.807, 2.05) is 6.07 Å². The topological polar surface area (TPSA) is 166 Å². The number of hydrogen-bond acceptors (Lipinski definition) is 8. The van der Waals surface area contributed by atoms with Gasteiger partial charge < -0.3 is 26.0 Å². The molecule has 2 amide bonds. The fourth-order valence-electron chi connectivity index (χ4n) is 4.77. The minimum atomic E-state index is -1.14. The molecule has 0 saturated carbocycles. The molecule has 5 rings (SSSR count). The second-order valence-electron chi connectivity index (χ2n) is 9.44. The van der Waals surface area contributed by atoms with Gasteiger partial charge in [-0.05, 0) is 47.9 Å². The summed E-state index contributed by atoms with van der Waals surface area (Å²) < 4.78 is 0. The molecular weight excluding hydrogens is 552 g/mol. The standard InChI is InChI=1S/C28H26N6O6.ClH/c35-25(36)15-24(17-4-2-7-22(13-17)34(39)40)33-16-19-8-9-21(14-23(19)27(33)38)31-26(37)18-5-1-6-20(12-18)32-28-29-10-3-11-30-28;/h1-2,4-9,12-14,24H,3,10-11,15-16H2,(H,31,37)(H,35,36)(H2,29,30,32);1H. The summed E-state index contributed by atoms with van der Waals surface area (Å²) in [5.41, 5.74) is 2.67. The quantitative estimate of drug-likeness (QED) is 0.228. The molecule has 41 heavy (non-hydrogen) atoms. The summed E-state index contributed by atoms with van der Waals surface area (Å²) in [4.78, 5) is 54.5. The average molecular weight is 579 g/mol. The van der Waals surface area contributed by atoms with Crippen molar-refractivity contribution in [3.63, 3.8) is 0 Å². The Balaban J connectivity index is 0.00000387. The van der Waals surface area contributed by atoms with Crippen molar-refractivity contribution in [3.8, 4) is 0 Å². The average Bonchev–Trinajstić information content (AvgIpc) is 3.27. The van der Waals surface area contributed by atoms with Crippen LogP contribution in [0.15, 0.2) is 71.7 Å². The van der Waals surface area contributed by atoms with Crippen LogP contribution in [0.3, 0.4) is 0 Å². The van der Waals surface area contributed by atoms with E-state index in [0.29, 0.717) is 39.6 Å². The van der Waals surface area contributed by atoms with E-state index in [1.54, 1.807) is 42.5 Å². The number of amides is 2. The van der Waals surface area contributed by atoms with Gasteiger partial charge in [0.1, 0.15) is 0 Å². The van der Waals surface area contributed by atoms with Crippen LogP contribution in [0.25, 0.3) is 0 Å². The Morgan fingerprint density at radius 3 is 2.63 bits per heavy atom. The first-order valence-corrected chi connectivity index (χ1v) is 12.7. The number of aliphatic carboxylic acids is 1. The molecule has 0 aromatic heterocycles. The molecule has 0 spiro atoms. The van der Waals surface area contributed by atoms with E-state index in [9.17, 15) is 29.6 Å². The summed E-state index contributed by atoms with van der Waals surface area (Å²) >= 11 is 0. The Morgan fingerprint density at radius 1 is 1.10 bits per heavy atom. The number of anilines is 2. The number of halogens is 1. The number of hydrogen-bond donors (Lipinski definition) is 4. The molecule has 2 aliphatic heterocycles. The lowest BCUT2D eigenvalue weighted by molar-refractivity contribution is -0.385. The number of non-ortho nitro benzene ring substituents is 1. The predicted molar refractivity (Wildman–Crippen MR) is 155 cm³/mol. The number of nitrogens with one attached hydrogen (secondary N) is 3. The summed E-state index contributed by atoms with van der Waals surface area (Å²) in [5.74, 6) is -1.28. The first-order chi connectivity index (χ1) is 19.3. The highest BCUT2D eigenvalue weighted by molar-refractivity contribution is 6.07. The summed E-state index contributed by atoms with van der Waals surface area (Å²) in [6, 6.07) is 16.6. The largest absolute Gasteiger partial charge is 0.481 e. The number of carbonyl (C=O) groups is 3. The molecule has 1 atom stereocenters. The van der Waals surface area contributed by atoms with Crippen molar-refractivity contribution in [3.05, 3.63) is 99.1 Å². The molecule has 0 aliphatic carbocycles. The van der Waals surface area contributed by atoms with Crippen LogP contribution in [0, 0.1) is 10.1 Å². The zero-order valence-electron chi connectivity index (χ0n) is 21.7. The third-order valence-electron chi connectivity index (χ3n) is 6.69. The molecule has 13 heteroatoms. The van der Waals surface area contributed by atoms with Gasteiger partial charge in [-0.15, -0.1) is 12.4 Å². The van der Waals surface area contributed by atoms with Crippen LogP contribution in [0.2, 0.25) is 0 Å². The van der Waals surface area contributed by atoms with Crippen molar-refractivity contribution >= 4 is 53.2 Å². The number of nitrogens with zero attached hydrogens (tertiary/aromatic N) is 3. The lowest BCUT2D eigenvalue weighted by Gasteiger charge is -2.27. The van der Waals surface area contributed by atoms with Crippen molar-refractivity contribution < 1.29 is 24.4 Å². The van der Waals surface area contributed by atoms with Crippen molar-refractivity contribution in [2.24, 2.45) is 4.99 Å². The van der Waals surface area contributed by atoms with Crippen LogP contribution < -0.4 is 16.0 Å². The van der Waals surface area contributed by atoms with E-state index >= 15 is 0 Å². The number of nitro groups is 1.